The largest absolute Gasteiger partial charge is 0.573 e. The average Bonchev–Trinajstić information content (AvgIpc) is 2.69. The number of ether oxygens (including phenoxy) is 1. The van der Waals surface area contributed by atoms with Gasteiger partial charge in [-0.15, -0.1) is 13.2 Å². The van der Waals surface area contributed by atoms with Gasteiger partial charge in [0.2, 0.25) is 0 Å². The summed E-state index contributed by atoms with van der Waals surface area (Å²) in [5.74, 6) is -0.250. The fourth-order valence-corrected chi connectivity index (χ4v) is 2.50. The molecule has 4 nitrogen and oxygen atoms in total. The first-order valence-corrected chi connectivity index (χ1v) is 6.91. The van der Waals surface area contributed by atoms with Crippen molar-refractivity contribution < 1.29 is 23.0 Å². The standard InChI is InChI=1S/C14H19F3N2O2/c15-14(16,17)21-12-4-2-11(3-5-12)13(10-20)19-8-1-6-18-7-9-19/h2-5,13,18,20H,1,6-10H2. The molecule has 2 rings (SSSR count). The molecule has 1 atom stereocenters. The molecule has 0 saturated carbocycles. The Balaban J connectivity index is 2.07. The molecule has 1 fully saturated rings. The maximum absolute atomic E-state index is 12.1. The number of benzene rings is 1. The number of nitrogens with zero attached hydrogens (tertiary/aromatic N) is 1. The Morgan fingerprint density at radius 1 is 1.19 bits per heavy atom. The van der Waals surface area contributed by atoms with E-state index in [9.17, 15) is 18.3 Å². The lowest BCUT2D eigenvalue weighted by Crippen LogP contribution is -2.34. The summed E-state index contributed by atoms with van der Waals surface area (Å²) in [6.07, 6.45) is -3.71. The second kappa shape index (κ2) is 7.11. The van der Waals surface area contributed by atoms with Crippen LogP contribution in [0.15, 0.2) is 24.3 Å². The van der Waals surface area contributed by atoms with Crippen molar-refractivity contribution >= 4 is 0 Å². The second-order valence-electron chi connectivity index (χ2n) is 4.95. The van der Waals surface area contributed by atoms with E-state index >= 15 is 0 Å². The van der Waals surface area contributed by atoms with Gasteiger partial charge < -0.3 is 15.2 Å². The highest BCUT2D eigenvalue weighted by molar-refractivity contribution is 5.29. The smallest absolute Gasteiger partial charge is 0.406 e. The number of nitrogens with one attached hydrogen (secondary N) is 1. The molecule has 1 aliphatic heterocycles. The molecule has 1 heterocycles. The zero-order valence-corrected chi connectivity index (χ0v) is 11.6. The number of alkyl halides is 3. The summed E-state index contributed by atoms with van der Waals surface area (Å²) in [6, 6.07) is 5.49. The number of aliphatic hydroxyl groups is 1. The van der Waals surface area contributed by atoms with Crippen LogP contribution in [-0.2, 0) is 0 Å². The number of rotatable bonds is 4. The predicted molar refractivity (Wildman–Crippen MR) is 72.0 cm³/mol. The highest BCUT2D eigenvalue weighted by atomic mass is 19.4. The van der Waals surface area contributed by atoms with Gasteiger partial charge in [0.25, 0.3) is 0 Å². The van der Waals surface area contributed by atoms with Crippen molar-refractivity contribution in [3.8, 4) is 5.75 Å². The van der Waals surface area contributed by atoms with E-state index in [1.807, 2.05) is 0 Å². The third-order valence-corrected chi connectivity index (χ3v) is 3.49. The highest BCUT2D eigenvalue weighted by Crippen LogP contribution is 2.26. The van der Waals surface area contributed by atoms with Crippen LogP contribution in [0.5, 0.6) is 5.75 Å². The molecule has 0 radical (unpaired) electrons. The van der Waals surface area contributed by atoms with Crippen LogP contribution in [0.4, 0.5) is 13.2 Å². The van der Waals surface area contributed by atoms with Crippen LogP contribution in [0.1, 0.15) is 18.0 Å². The third-order valence-electron chi connectivity index (χ3n) is 3.49. The average molecular weight is 304 g/mol. The summed E-state index contributed by atoms with van der Waals surface area (Å²) < 4.78 is 40.2. The molecule has 118 valence electrons. The minimum Gasteiger partial charge on any atom is -0.406 e. The van der Waals surface area contributed by atoms with Gasteiger partial charge in [-0.3, -0.25) is 4.90 Å². The van der Waals surface area contributed by atoms with Crippen molar-refractivity contribution in [3.05, 3.63) is 29.8 Å². The van der Waals surface area contributed by atoms with E-state index in [0.29, 0.717) is 0 Å². The number of aliphatic hydroxyl groups excluding tert-OH is 1. The fourth-order valence-electron chi connectivity index (χ4n) is 2.50. The molecule has 0 aliphatic carbocycles. The Morgan fingerprint density at radius 3 is 2.52 bits per heavy atom. The lowest BCUT2D eigenvalue weighted by atomic mass is 10.1. The number of hydrogen-bond acceptors (Lipinski definition) is 4. The Bertz CT molecular complexity index is 429. The van der Waals surface area contributed by atoms with Gasteiger partial charge in [0, 0.05) is 19.6 Å². The van der Waals surface area contributed by atoms with E-state index in [0.717, 1.165) is 38.2 Å². The van der Waals surface area contributed by atoms with Gasteiger partial charge >= 0.3 is 6.36 Å². The van der Waals surface area contributed by atoms with Crippen molar-refractivity contribution in [1.29, 1.82) is 0 Å². The molecule has 0 amide bonds. The van der Waals surface area contributed by atoms with Crippen LogP contribution < -0.4 is 10.1 Å². The van der Waals surface area contributed by atoms with Crippen molar-refractivity contribution in [2.24, 2.45) is 0 Å². The maximum atomic E-state index is 12.1. The van der Waals surface area contributed by atoms with E-state index in [2.05, 4.69) is 15.0 Å². The minimum absolute atomic E-state index is 0.0700. The molecule has 0 spiro atoms. The van der Waals surface area contributed by atoms with Gasteiger partial charge in [0.1, 0.15) is 5.75 Å². The normalized spacial score (nSPS) is 19.0. The monoisotopic (exact) mass is 304 g/mol. The van der Waals surface area contributed by atoms with Crippen molar-refractivity contribution in [2.45, 2.75) is 18.8 Å². The molecule has 7 heteroatoms. The molecule has 1 unspecified atom stereocenters. The molecule has 2 N–H and O–H groups in total. The summed E-state index contributed by atoms with van der Waals surface area (Å²) in [6.45, 7) is 3.35. The third kappa shape index (κ3) is 4.87. The topological polar surface area (TPSA) is 44.7 Å². The van der Waals surface area contributed by atoms with E-state index in [4.69, 9.17) is 0 Å². The molecule has 0 bridgehead atoms. The van der Waals surface area contributed by atoms with Gasteiger partial charge in [0.05, 0.1) is 12.6 Å². The molecule has 0 aromatic heterocycles. The number of hydrogen-bond donors (Lipinski definition) is 2. The minimum atomic E-state index is -4.69. The first kappa shape index (κ1) is 16.1. The molecule has 1 saturated heterocycles. The van der Waals surface area contributed by atoms with E-state index in [1.54, 1.807) is 12.1 Å². The van der Waals surface area contributed by atoms with Crippen LogP contribution in [0.2, 0.25) is 0 Å². The van der Waals surface area contributed by atoms with E-state index in [-0.39, 0.29) is 18.4 Å². The van der Waals surface area contributed by atoms with Gasteiger partial charge in [-0.25, -0.2) is 0 Å². The lowest BCUT2D eigenvalue weighted by Gasteiger charge is -2.29. The summed E-state index contributed by atoms with van der Waals surface area (Å²) in [5, 5.41) is 12.9. The summed E-state index contributed by atoms with van der Waals surface area (Å²) >= 11 is 0. The van der Waals surface area contributed by atoms with Gasteiger partial charge in [-0.1, -0.05) is 12.1 Å². The Hall–Kier alpha value is -1.31. The summed E-state index contributed by atoms with van der Waals surface area (Å²) in [4.78, 5) is 2.14. The Kier molecular flexibility index (Phi) is 5.44. The molecular formula is C14H19F3N2O2. The molecular weight excluding hydrogens is 285 g/mol. The van der Waals surface area contributed by atoms with Crippen LogP contribution in [-0.4, -0.2) is 49.2 Å². The van der Waals surface area contributed by atoms with Crippen LogP contribution >= 0.6 is 0 Å². The van der Waals surface area contributed by atoms with E-state index < -0.39 is 6.36 Å². The fraction of sp³-hybridized carbons (Fsp3) is 0.571. The molecule has 1 aromatic carbocycles. The summed E-state index contributed by atoms with van der Waals surface area (Å²) in [5.41, 5.74) is 0.786. The zero-order valence-electron chi connectivity index (χ0n) is 11.6. The predicted octanol–water partition coefficient (Wildman–Crippen LogP) is 1.91. The molecule has 1 aliphatic rings. The van der Waals surface area contributed by atoms with Crippen molar-refractivity contribution in [3.63, 3.8) is 0 Å². The first-order valence-electron chi connectivity index (χ1n) is 6.91. The first-order chi connectivity index (χ1) is 9.99. The van der Waals surface area contributed by atoms with Crippen molar-refractivity contribution in [2.75, 3.05) is 32.8 Å². The second-order valence-corrected chi connectivity index (χ2v) is 4.95. The zero-order chi connectivity index (χ0) is 15.3. The molecule has 1 aromatic rings. The lowest BCUT2D eigenvalue weighted by molar-refractivity contribution is -0.274. The quantitative estimate of drug-likeness (QED) is 0.892. The highest BCUT2D eigenvalue weighted by Gasteiger charge is 2.31. The van der Waals surface area contributed by atoms with Gasteiger partial charge in [-0.05, 0) is 30.7 Å². The van der Waals surface area contributed by atoms with Gasteiger partial charge in [0.15, 0.2) is 0 Å². The molecule has 21 heavy (non-hydrogen) atoms. The number of halogens is 3. The van der Waals surface area contributed by atoms with Crippen molar-refractivity contribution in [1.82, 2.24) is 10.2 Å². The summed E-state index contributed by atoms with van der Waals surface area (Å²) in [7, 11) is 0. The Labute approximate surface area is 121 Å². The maximum Gasteiger partial charge on any atom is 0.573 e. The van der Waals surface area contributed by atoms with Gasteiger partial charge in [-0.2, -0.15) is 0 Å². The van der Waals surface area contributed by atoms with E-state index in [1.165, 1.54) is 12.1 Å². The van der Waals surface area contributed by atoms with Crippen LogP contribution in [0.25, 0.3) is 0 Å². The Morgan fingerprint density at radius 2 is 1.90 bits per heavy atom. The van der Waals surface area contributed by atoms with Crippen LogP contribution in [0.3, 0.4) is 0 Å². The SMILES string of the molecule is OCC(c1ccc(OC(F)(F)F)cc1)N1CCCNCC1. The van der Waals surface area contributed by atoms with Crippen LogP contribution in [0, 0.1) is 0 Å².